The summed E-state index contributed by atoms with van der Waals surface area (Å²) in [5.41, 5.74) is 4.95. The number of fused-ring (bicyclic) bond motifs is 3. The number of hydrogen-bond donors (Lipinski definition) is 1. The fraction of sp³-hybridized carbons (Fsp3) is 0.444. The molecule has 23 heavy (non-hydrogen) atoms. The molecule has 1 aromatic carbocycles. The summed E-state index contributed by atoms with van der Waals surface area (Å²) in [6.45, 7) is 7.20. The van der Waals surface area contributed by atoms with Crippen molar-refractivity contribution in [1.29, 1.82) is 0 Å². The number of aromatic nitrogens is 1. The molecule has 1 amide bonds. The third-order valence-electron chi connectivity index (χ3n) is 4.95. The Labute approximate surface area is 135 Å². The largest absolute Gasteiger partial charge is 0.379 e. The quantitative estimate of drug-likeness (QED) is 0.880. The molecule has 2 aliphatic heterocycles. The minimum Gasteiger partial charge on any atom is -0.379 e. The van der Waals surface area contributed by atoms with Crippen molar-refractivity contribution in [1.82, 2.24) is 9.88 Å². The fourth-order valence-electron chi connectivity index (χ4n) is 3.74. The minimum absolute atomic E-state index is 0.0331. The van der Waals surface area contributed by atoms with Crippen LogP contribution in [-0.2, 0) is 22.6 Å². The molecule has 0 radical (unpaired) electrons. The van der Waals surface area contributed by atoms with Crippen molar-refractivity contribution < 1.29 is 9.63 Å². The molecule has 2 aromatic rings. The Morgan fingerprint density at radius 3 is 2.96 bits per heavy atom. The van der Waals surface area contributed by atoms with Gasteiger partial charge in [0.05, 0.1) is 5.71 Å². The number of oxime groups is 1. The molecule has 1 N–H and O–H groups in total. The second kappa shape index (κ2) is 4.85. The van der Waals surface area contributed by atoms with Crippen molar-refractivity contribution in [2.24, 2.45) is 5.16 Å². The molecule has 120 valence electrons. The molecule has 5 nitrogen and oxygen atoms in total. The first-order valence-electron chi connectivity index (χ1n) is 8.08. The van der Waals surface area contributed by atoms with E-state index in [1.807, 2.05) is 18.7 Å². The van der Waals surface area contributed by atoms with Crippen molar-refractivity contribution in [3.8, 4) is 0 Å². The number of aromatic amines is 1. The van der Waals surface area contributed by atoms with Gasteiger partial charge in [-0.2, -0.15) is 0 Å². The molecule has 0 fully saturated rings. The van der Waals surface area contributed by atoms with E-state index >= 15 is 0 Å². The maximum absolute atomic E-state index is 12.9. The van der Waals surface area contributed by atoms with Crippen LogP contribution >= 0.6 is 0 Å². The van der Waals surface area contributed by atoms with E-state index in [-0.39, 0.29) is 5.91 Å². The van der Waals surface area contributed by atoms with Crippen LogP contribution in [0.2, 0.25) is 0 Å². The van der Waals surface area contributed by atoms with Gasteiger partial charge in [0.2, 0.25) is 5.60 Å². The average molecular weight is 311 g/mol. The van der Waals surface area contributed by atoms with Gasteiger partial charge >= 0.3 is 0 Å². The molecule has 1 atom stereocenters. The zero-order valence-electron chi connectivity index (χ0n) is 13.8. The number of nitrogens with one attached hydrogen (secondary N) is 1. The highest BCUT2D eigenvalue weighted by Crippen LogP contribution is 2.32. The van der Waals surface area contributed by atoms with E-state index in [9.17, 15) is 4.79 Å². The van der Waals surface area contributed by atoms with Crippen LogP contribution < -0.4 is 0 Å². The Balaban J connectivity index is 1.65. The number of H-pyrrole nitrogens is 1. The van der Waals surface area contributed by atoms with Crippen molar-refractivity contribution in [3.05, 3.63) is 35.0 Å². The predicted octanol–water partition coefficient (Wildman–Crippen LogP) is 2.92. The number of para-hydroxylation sites is 1. The highest BCUT2D eigenvalue weighted by Gasteiger charge is 2.44. The molecule has 2 aliphatic rings. The SMILES string of the molecule is CC1=NO[C@](C)(C(=O)N2CCc3[nH]c4c(C)cccc4c3C2)C1. The molecule has 0 saturated heterocycles. The Morgan fingerprint density at radius 2 is 2.22 bits per heavy atom. The third-order valence-corrected chi connectivity index (χ3v) is 4.95. The number of hydrogen-bond acceptors (Lipinski definition) is 3. The van der Waals surface area contributed by atoms with E-state index in [4.69, 9.17) is 4.84 Å². The second-order valence-electron chi connectivity index (χ2n) is 6.88. The van der Waals surface area contributed by atoms with E-state index in [2.05, 4.69) is 35.3 Å². The predicted molar refractivity (Wildman–Crippen MR) is 89.4 cm³/mol. The number of carbonyl (C=O) groups excluding carboxylic acids is 1. The maximum atomic E-state index is 12.9. The lowest BCUT2D eigenvalue weighted by Crippen LogP contribution is -2.48. The third kappa shape index (κ3) is 2.14. The summed E-state index contributed by atoms with van der Waals surface area (Å²) in [4.78, 5) is 23.8. The molecule has 5 heteroatoms. The van der Waals surface area contributed by atoms with Gasteiger partial charge in [-0.25, -0.2) is 0 Å². The summed E-state index contributed by atoms with van der Waals surface area (Å²) >= 11 is 0. The van der Waals surface area contributed by atoms with Crippen LogP contribution in [0.25, 0.3) is 10.9 Å². The molecule has 0 bridgehead atoms. The van der Waals surface area contributed by atoms with E-state index in [0.717, 1.165) is 18.7 Å². The van der Waals surface area contributed by atoms with Crippen LogP contribution in [-0.4, -0.2) is 33.6 Å². The van der Waals surface area contributed by atoms with Gasteiger partial charge in [-0.05, 0) is 26.3 Å². The molecular formula is C18H21N3O2. The van der Waals surface area contributed by atoms with Gasteiger partial charge in [-0.15, -0.1) is 0 Å². The lowest BCUT2D eigenvalue weighted by atomic mass is 9.96. The molecule has 0 aliphatic carbocycles. The highest BCUT2D eigenvalue weighted by atomic mass is 16.7. The lowest BCUT2D eigenvalue weighted by molar-refractivity contribution is -0.154. The molecule has 4 rings (SSSR count). The van der Waals surface area contributed by atoms with E-state index < -0.39 is 5.60 Å². The summed E-state index contributed by atoms with van der Waals surface area (Å²) < 4.78 is 0. The van der Waals surface area contributed by atoms with Crippen molar-refractivity contribution in [2.45, 2.75) is 45.8 Å². The van der Waals surface area contributed by atoms with E-state index in [1.54, 1.807) is 0 Å². The highest BCUT2D eigenvalue weighted by molar-refractivity contribution is 5.95. The smallest absolute Gasteiger partial charge is 0.270 e. The lowest BCUT2D eigenvalue weighted by Gasteiger charge is -2.32. The molecule has 0 unspecified atom stereocenters. The van der Waals surface area contributed by atoms with Gasteiger partial charge in [0.1, 0.15) is 0 Å². The first-order valence-corrected chi connectivity index (χ1v) is 8.08. The number of benzene rings is 1. The summed E-state index contributed by atoms with van der Waals surface area (Å²) in [6, 6.07) is 6.32. The molecule has 0 spiro atoms. The van der Waals surface area contributed by atoms with Gasteiger partial charge < -0.3 is 14.7 Å². The fourth-order valence-corrected chi connectivity index (χ4v) is 3.74. The van der Waals surface area contributed by atoms with Gasteiger partial charge in [-0.3, -0.25) is 4.79 Å². The molecule has 1 aromatic heterocycles. The standard InChI is InChI=1S/C18H21N3O2/c1-11-5-4-6-13-14-10-21(8-7-15(14)19-16(11)13)17(22)18(3)9-12(2)20-23-18/h4-6,19H,7-10H2,1-3H3/t18-/m0/s1. The Hall–Kier alpha value is -2.30. The summed E-state index contributed by atoms with van der Waals surface area (Å²) in [7, 11) is 0. The van der Waals surface area contributed by atoms with Crippen molar-refractivity contribution in [3.63, 3.8) is 0 Å². The summed E-state index contributed by atoms with van der Waals surface area (Å²) in [6.07, 6.45) is 1.42. The summed E-state index contributed by atoms with van der Waals surface area (Å²) in [5.74, 6) is 0.0331. The number of rotatable bonds is 1. The normalized spacial score (nSPS) is 23.6. The first-order chi connectivity index (χ1) is 11.0. The molecule has 0 saturated carbocycles. The van der Waals surface area contributed by atoms with Crippen molar-refractivity contribution >= 4 is 22.5 Å². The monoisotopic (exact) mass is 311 g/mol. The second-order valence-corrected chi connectivity index (χ2v) is 6.88. The van der Waals surface area contributed by atoms with Gasteiger partial charge in [0, 0.05) is 48.1 Å². The zero-order chi connectivity index (χ0) is 16.2. The summed E-state index contributed by atoms with van der Waals surface area (Å²) in [5, 5.41) is 5.19. The van der Waals surface area contributed by atoms with Crippen molar-refractivity contribution in [2.75, 3.05) is 6.54 Å². The Kier molecular flexibility index (Phi) is 3.01. The van der Waals surface area contributed by atoms with Crippen LogP contribution in [0, 0.1) is 6.92 Å². The van der Waals surface area contributed by atoms with Crippen LogP contribution in [0.4, 0.5) is 0 Å². The van der Waals surface area contributed by atoms with Crippen LogP contribution in [0.3, 0.4) is 0 Å². The van der Waals surface area contributed by atoms with Crippen LogP contribution in [0.1, 0.15) is 37.1 Å². The topological polar surface area (TPSA) is 57.7 Å². The van der Waals surface area contributed by atoms with Crippen LogP contribution in [0.15, 0.2) is 23.4 Å². The number of nitrogens with zero attached hydrogens (tertiary/aromatic N) is 2. The van der Waals surface area contributed by atoms with Gasteiger partial charge in [0.15, 0.2) is 0 Å². The zero-order valence-corrected chi connectivity index (χ0v) is 13.8. The molecule has 3 heterocycles. The molecular weight excluding hydrogens is 290 g/mol. The average Bonchev–Trinajstić information content (AvgIpc) is 3.08. The van der Waals surface area contributed by atoms with E-state index in [0.29, 0.717) is 13.0 Å². The van der Waals surface area contributed by atoms with E-state index in [1.165, 1.54) is 27.7 Å². The number of amides is 1. The van der Waals surface area contributed by atoms with Gasteiger partial charge in [0.25, 0.3) is 5.91 Å². The Morgan fingerprint density at radius 1 is 1.39 bits per heavy atom. The minimum atomic E-state index is -0.844. The number of carbonyl (C=O) groups is 1. The van der Waals surface area contributed by atoms with Crippen LogP contribution in [0.5, 0.6) is 0 Å². The maximum Gasteiger partial charge on any atom is 0.270 e. The Bertz CT molecular complexity index is 836. The number of aryl methyl sites for hydroxylation is 1. The first kappa shape index (κ1) is 14.3. The van der Waals surface area contributed by atoms with Gasteiger partial charge in [-0.1, -0.05) is 23.4 Å².